The smallest absolute Gasteiger partial charge is 0.123 e. The van der Waals surface area contributed by atoms with E-state index < -0.39 is 0 Å². The molecule has 1 aliphatic rings. The van der Waals surface area contributed by atoms with Crippen molar-refractivity contribution in [2.45, 2.75) is 19.3 Å². The van der Waals surface area contributed by atoms with Gasteiger partial charge in [-0.3, -0.25) is 4.99 Å². The maximum Gasteiger partial charge on any atom is 0.123 e. The van der Waals surface area contributed by atoms with E-state index in [1.165, 1.54) is 18.6 Å². The first-order chi connectivity index (χ1) is 7.34. The van der Waals surface area contributed by atoms with Gasteiger partial charge in [0.2, 0.25) is 0 Å². The molecule has 80 valence electrons. The standard InChI is InChI=1S/C12H15FN2/c13-11-5-3-10(4-6-11)7-9-15-12-2-1-8-14-12/h3-6H,1-2,7-9H2,(H,14,15). The molecule has 0 saturated carbocycles. The Hall–Kier alpha value is -1.38. The summed E-state index contributed by atoms with van der Waals surface area (Å²) in [7, 11) is 0. The first kappa shape index (κ1) is 10.1. The molecule has 1 heterocycles. The van der Waals surface area contributed by atoms with Gasteiger partial charge in [0.15, 0.2) is 0 Å². The summed E-state index contributed by atoms with van der Waals surface area (Å²) in [5, 5.41) is 3.30. The number of benzene rings is 1. The summed E-state index contributed by atoms with van der Waals surface area (Å²) in [6.45, 7) is 1.84. The van der Waals surface area contributed by atoms with Crippen molar-refractivity contribution < 1.29 is 4.39 Å². The first-order valence-electron chi connectivity index (χ1n) is 5.36. The Bertz CT molecular complexity index is 343. The normalized spacial score (nSPS) is 15.1. The predicted octanol–water partition coefficient (Wildman–Crippen LogP) is 2.15. The Kier molecular flexibility index (Phi) is 3.33. The van der Waals surface area contributed by atoms with Gasteiger partial charge in [-0.2, -0.15) is 0 Å². The maximum absolute atomic E-state index is 12.6. The number of aliphatic imine (C=N–C) groups is 1. The molecule has 1 aromatic carbocycles. The van der Waals surface area contributed by atoms with Gasteiger partial charge >= 0.3 is 0 Å². The maximum atomic E-state index is 12.6. The van der Waals surface area contributed by atoms with Gasteiger partial charge < -0.3 is 5.32 Å². The van der Waals surface area contributed by atoms with Crippen molar-refractivity contribution in [2.75, 3.05) is 13.1 Å². The quantitative estimate of drug-likeness (QED) is 0.805. The minimum Gasteiger partial charge on any atom is -0.374 e. The van der Waals surface area contributed by atoms with Crippen molar-refractivity contribution in [3.63, 3.8) is 0 Å². The van der Waals surface area contributed by atoms with Crippen LogP contribution in [0.5, 0.6) is 0 Å². The van der Waals surface area contributed by atoms with E-state index in [4.69, 9.17) is 0 Å². The van der Waals surface area contributed by atoms with E-state index in [-0.39, 0.29) is 5.82 Å². The van der Waals surface area contributed by atoms with Crippen LogP contribution < -0.4 is 5.32 Å². The zero-order valence-electron chi connectivity index (χ0n) is 8.67. The van der Waals surface area contributed by atoms with E-state index in [0.29, 0.717) is 0 Å². The first-order valence-corrected chi connectivity index (χ1v) is 5.36. The lowest BCUT2D eigenvalue weighted by Crippen LogP contribution is -2.23. The van der Waals surface area contributed by atoms with Gasteiger partial charge in [0.1, 0.15) is 5.82 Å². The van der Waals surface area contributed by atoms with Crippen LogP contribution >= 0.6 is 0 Å². The molecule has 0 bridgehead atoms. The summed E-state index contributed by atoms with van der Waals surface area (Å²) in [6.07, 6.45) is 3.15. The zero-order valence-corrected chi connectivity index (χ0v) is 8.67. The molecule has 2 rings (SSSR count). The summed E-state index contributed by atoms with van der Waals surface area (Å²) in [6, 6.07) is 6.66. The van der Waals surface area contributed by atoms with E-state index in [2.05, 4.69) is 10.3 Å². The molecule has 15 heavy (non-hydrogen) atoms. The van der Waals surface area contributed by atoms with E-state index in [1.807, 2.05) is 12.1 Å². The van der Waals surface area contributed by atoms with Gasteiger partial charge in [-0.1, -0.05) is 12.1 Å². The van der Waals surface area contributed by atoms with Crippen LogP contribution in [0.15, 0.2) is 29.3 Å². The summed E-state index contributed by atoms with van der Waals surface area (Å²) in [5.74, 6) is 0.948. The van der Waals surface area contributed by atoms with Crippen molar-refractivity contribution in [3.05, 3.63) is 35.6 Å². The van der Waals surface area contributed by atoms with Crippen molar-refractivity contribution >= 4 is 5.84 Å². The SMILES string of the molecule is Fc1ccc(CCNC2=NCCC2)cc1. The Morgan fingerprint density at radius 1 is 1.27 bits per heavy atom. The molecule has 0 unspecified atom stereocenters. The Balaban J connectivity index is 1.75. The van der Waals surface area contributed by atoms with Crippen molar-refractivity contribution in [1.29, 1.82) is 0 Å². The molecule has 1 aliphatic heterocycles. The third-order valence-electron chi connectivity index (χ3n) is 2.53. The van der Waals surface area contributed by atoms with Gasteiger partial charge in [0.25, 0.3) is 0 Å². The number of hydrogen-bond donors (Lipinski definition) is 1. The Morgan fingerprint density at radius 2 is 2.07 bits per heavy atom. The second kappa shape index (κ2) is 4.91. The van der Waals surface area contributed by atoms with Crippen LogP contribution in [-0.2, 0) is 6.42 Å². The van der Waals surface area contributed by atoms with Crippen LogP contribution in [0.1, 0.15) is 18.4 Å². The molecule has 0 amide bonds. The average molecular weight is 206 g/mol. The van der Waals surface area contributed by atoms with Gasteiger partial charge in [-0.15, -0.1) is 0 Å². The summed E-state index contributed by atoms with van der Waals surface area (Å²) < 4.78 is 12.6. The molecule has 3 heteroatoms. The van der Waals surface area contributed by atoms with E-state index >= 15 is 0 Å². The van der Waals surface area contributed by atoms with Gasteiger partial charge in [-0.25, -0.2) is 4.39 Å². The van der Waals surface area contributed by atoms with Crippen molar-refractivity contribution in [3.8, 4) is 0 Å². The molecular formula is C12H15FN2. The number of hydrogen-bond acceptors (Lipinski definition) is 2. The van der Waals surface area contributed by atoms with Crippen molar-refractivity contribution in [1.82, 2.24) is 5.32 Å². The lowest BCUT2D eigenvalue weighted by atomic mass is 10.1. The molecule has 0 radical (unpaired) electrons. The molecule has 0 atom stereocenters. The van der Waals surface area contributed by atoms with Crippen LogP contribution in [0.3, 0.4) is 0 Å². The summed E-state index contributed by atoms with van der Waals surface area (Å²) >= 11 is 0. The number of rotatable bonds is 3. The molecule has 1 N–H and O–H groups in total. The third-order valence-corrected chi connectivity index (χ3v) is 2.53. The molecule has 2 nitrogen and oxygen atoms in total. The second-order valence-electron chi connectivity index (χ2n) is 3.74. The van der Waals surface area contributed by atoms with Crippen molar-refractivity contribution in [2.24, 2.45) is 4.99 Å². The number of amidine groups is 1. The Morgan fingerprint density at radius 3 is 2.73 bits per heavy atom. The molecule has 0 saturated heterocycles. The summed E-state index contributed by atoms with van der Waals surface area (Å²) in [5.41, 5.74) is 1.16. The fourth-order valence-electron chi connectivity index (χ4n) is 1.69. The fraction of sp³-hybridized carbons (Fsp3) is 0.417. The topological polar surface area (TPSA) is 24.4 Å². The van der Waals surface area contributed by atoms with Crippen LogP contribution in [0.25, 0.3) is 0 Å². The third kappa shape index (κ3) is 3.05. The average Bonchev–Trinajstić information content (AvgIpc) is 2.74. The minimum atomic E-state index is -0.174. The Labute approximate surface area is 89.2 Å². The fourth-order valence-corrected chi connectivity index (χ4v) is 1.69. The zero-order chi connectivity index (χ0) is 10.5. The van der Waals surface area contributed by atoms with Gasteiger partial charge in [-0.05, 0) is 30.5 Å². The van der Waals surface area contributed by atoms with E-state index in [9.17, 15) is 4.39 Å². The van der Waals surface area contributed by atoms with Crippen LogP contribution in [0, 0.1) is 5.82 Å². The molecule has 0 spiro atoms. The van der Waals surface area contributed by atoms with Crippen LogP contribution in [-0.4, -0.2) is 18.9 Å². The predicted molar refractivity (Wildman–Crippen MR) is 59.6 cm³/mol. The second-order valence-corrected chi connectivity index (χ2v) is 3.74. The van der Waals surface area contributed by atoms with Gasteiger partial charge in [0.05, 0.1) is 5.84 Å². The highest BCUT2D eigenvalue weighted by Gasteiger charge is 2.04. The molecule has 0 aliphatic carbocycles. The number of halogens is 1. The van der Waals surface area contributed by atoms with Gasteiger partial charge in [0, 0.05) is 19.5 Å². The lowest BCUT2D eigenvalue weighted by Gasteiger charge is -2.05. The van der Waals surface area contributed by atoms with E-state index in [1.54, 1.807) is 0 Å². The molecule has 1 aromatic rings. The molecular weight excluding hydrogens is 191 g/mol. The highest BCUT2D eigenvalue weighted by atomic mass is 19.1. The molecule has 0 aromatic heterocycles. The summed E-state index contributed by atoms with van der Waals surface area (Å²) in [4.78, 5) is 4.33. The minimum absolute atomic E-state index is 0.174. The van der Waals surface area contributed by atoms with E-state index in [0.717, 1.165) is 37.3 Å². The largest absolute Gasteiger partial charge is 0.374 e. The number of nitrogens with one attached hydrogen (secondary N) is 1. The molecule has 0 fully saturated rings. The lowest BCUT2D eigenvalue weighted by molar-refractivity contribution is 0.627. The monoisotopic (exact) mass is 206 g/mol. The highest BCUT2D eigenvalue weighted by molar-refractivity contribution is 5.83. The highest BCUT2D eigenvalue weighted by Crippen LogP contribution is 2.04. The number of nitrogens with zero attached hydrogens (tertiary/aromatic N) is 1. The van der Waals surface area contributed by atoms with Crippen LogP contribution in [0.2, 0.25) is 0 Å². The van der Waals surface area contributed by atoms with Crippen LogP contribution in [0.4, 0.5) is 4.39 Å².